The minimum atomic E-state index is -0.590. The van der Waals surface area contributed by atoms with Crippen molar-refractivity contribution in [1.29, 1.82) is 0 Å². The van der Waals surface area contributed by atoms with Crippen molar-refractivity contribution < 1.29 is 9.72 Å². The Kier molecular flexibility index (Phi) is 1.72. The van der Waals surface area contributed by atoms with Crippen molar-refractivity contribution in [1.82, 2.24) is 4.98 Å². The molecule has 0 saturated heterocycles. The van der Waals surface area contributed by atoms with Gasteiger partial charge in [-0.15, -0.1) is 0 Å². The standard InChI is InChI=1S/C6H6N2O3/c1-4(9)5-2-7-3-6(5)8(10)11/h2-3,7H,1H3. The van der Waals surface area contributed by atoms with Gasteiger partial charge in [0, 0.05) is 6.20 Å². The van der Waals surface area contributed by atoms with Crippen LogP contribution in [0.4, 0.5) is 5.69 Å². The Bertz CT molecular complexity index is 274. The summed E-state index contributed by atoms with van der Waals surface area (Å²) in [7, 11) is 0. The van der Waals surface area contributed by atoms with Crippen LogP contribution in [0.3, 0.4) is 0 Å². The monoisotopic (exact) mass is 154 g/mol. The van der Waals surface area contributed by atoms with Crippen LogP contribution in [0.1, 0.15) is 17.3 Å². The highest BCUT2D eigenvalue weighted by atomic mass is 16.6. The number of nitrogens with one attached hydrogen (secondary N) is 1. The van der Waals surface area contributed by atoms with Crippen LogP contribution in [0.2, 0.25) is 0 Å². The smallest absolute Gasteiger partial charge is 0.297 e. The highest BCUT2D eigenvalue weighted by molar-refractivity contribution is 5.97. The third-order valence-corrected chi connectivity index (χ3v) is 1.30. The zero-order valence-electron chi connectivity index (χ0n) is 5.83. The predicted molar refractivity (Wildman–Crippen MR) is 37.5 cm³/mol. The van der Waals surface area contributed by atoms with E-state index < -0.39 is 4.92 Å². The number of rotatable bonds is 2. The van der Waals surface area contributed by atoms with Gasteiger partial charge in [-0.25, -0.2) is 0 Å². The van der Waals surface area contributed by atoms with Crippen molar-refractivity contribution in [3.05, 3.63) is 28.1 Å². The molecular formula is C6H6N2O3. The third-order valence-electron chi connectivity index (χ3n) is 1.30. The van der Waals surface area contributed by atoms with Crippen LogP contribution < -0.4 is 0 Å². The second kappa shape index (κ2) is 2.53. The van der Waals surface area contributed by atoms with Gasteiger partial charge in [-0.2, -0.15) is 0 Å². The van der Waals surface area contributed by atoms with Gasteiger partial charge in [0.1, 0.15) is 5.56 Å². The van der Waals surface area contributed by atoms with E-state index in [0.29, 0.717) is 0 Å². The maximum absolute atomic E-state index is 10.7. The Morgan fingerprint density at radius 2 is 2.27 bits per heavy atom. The molecule has 0 atom stereocenters. The van der Waals surface area contributed by atoms with Gasteiger partial charge in [0.2, 0.25) is 0 Å². The molecule has 0 aliphatic rings. The number of hydrogen-bond donors (Lipinski definition) is 1. The van der Waals surface area contributed by atoms with Gasteiger partial charge < -0.3 is 4.98 Å². The lowest BCUT2D eigenvalue weighted by Crippen LogP contribution is -1.95. The largest absolute Gasteiger partial charge is 0.361 e. The maximum Gasteiger partial charge on any atom is 0.297 e. The molecule has 0 amide bonds. The average molecular weight is 154 g/mol. The van der Waals surface area contributed by atoms with E-state index in [2.05, 4.69) is 4.98 Å². The molecule has 1 rings (SSSR count). The topological polar surface area (TPSA) is 76.0 Å². The van der Waals surface area contributed by atoms with Crippen LogP contribution >= 0.6 is 0 Å². The van der Waals surface area contributed by atoms with Crippen molar-refractivity contribution in [2.24, 2.45) is 0 Å². The van der Waals surface area contributed by atoms with Gasteiger partial charge >= 0.3 is 0 Å². The number of Topliss-reactive ketones (excluding diaryl/α,β-unsaturated/α-hetero) is 1. The summed E-state index contributed by atoms with van der Waals surface area (Å²) in [5, 5.41) is 10.2. The fraction of sp³-hybridized carbons (Fsp3) is 0.167. The summed E-state index contributed by atoms with van der Waals surface area (Å²) in [6.45, 7) is 1.29. The third kappa shape index (κ3) is 1.26. The number of carbonyl (C=O) groups excluding carboxylic acids is 1. The number of nitrogens with zero attached hydrogens (tertiary/aromatic N) is 1. The van der Waals surface area contributed by atoms with E-state index in [0.717, 1.165) is 0 Å². The molecule has 0 spiro atoms. The second-order valence-electron chi connectivity index (χ2n) is 2.07. The summed E-state index contributed by atoms with van der Waals surface area (Å²) in [4.78, 5) is 22.8. The Morgan fingerprint density at radius 3 is 2.64 bits per heavy atom. The molecule has 58 valence electrons. The minimum Gasteiger partial charge on any atom is -0.361 e. The van der Waals surface area contributed by atoms with Gasteiger partial charge in [0.25, 0.3) is 5.69 Å². The van der Waals surface area contributed by atoms with E-state index in [1.165, 1.54) is 19.3 Å². The lowest BCUT2D eigenvalue weighted by Gasteiger charge is -1.87. The summed E-state index contributed by atoms with van der Waals surface area (Å²) in [5.41, 5.74) is -0.0486. The molecular weight excluding hydrogens is 148 g/mol. The Hall–Kier alpha value is -1.65. The van der Waals surface area contributed by atoms with Crippen LogP contribution in [-0.4, -0.2) is 15.7 Å². The fourth-order valence-electron chi connectivity index (χ4n) is 0.789. The SMILES string of the molecule is CC(=O)c1c[nH]cc1[N+](=O)[O-]. The van der Waals surface area contributed by atoms with Crippen LogP contribution in [-0.2, 0) is 0 Å². The van der Waals surface area contributed by atoms with E-state index in [1.54, 1.807) is 0 Å². The zero-order chi connectivity index (χ0) is 8.43. The minimum absolute atomic E-state index is 0.120. The number of aromatic amines is 1. The summed E-state index contributed by atoms with van der Waals surface area (Å²) in [6, 6.07) is 0. The van der Waals surface area contributed by atoms with E-state index >= 15 is 0 Å². The predicted octanol–water partition coefficient (Wildman–Crippen LogP) is 1.13. The lowest BCUT2D eigenvalue weighted by molar-refractivity contribution is -0.385. The van der Waals surface area contributed by atoms with Crippen molar-refractivity contribution in [3.63, 3.8) is 0 Å². The quantitative estimate of drug-likeness (QED) is 0.394. The van der Waals surface area contributed by atoms with Crippen LogP contribution in [0.25, 0.3) is 0 Å². The molecule has 0 bridgehead atoms. The average Bonchev–Trinajstić information content (AvgIpc) is 2.32. The number of ketones is 1. The van der Waals surface area contributed by atoms with Crippen LogP contribution in [0.15, 0.2) is 12.4 Å². The number of nitro groups is 1. The first kappa shape index (κ1) is 7.46. The number of carbonyl (C=O) groups is 1. The molecule has 0 fully saturated rings. The number of H-pyrrole nitrogens is 1. The normalized spacial score (nSPS) is 9.55. The van der Waals surface area contributed by atoms with E-state index in [-0.39, 0.29) is 17.0 Å². The molecule has 1 aromatic rings. The van der Waals surface area contributed by atoms with Crippen LogP contribution in [0, 0.1) is 10.1 Å². The first-order valence-electron chi connectivity index (χ1n) is 2.95. The lowest BCUT2D eigenvalue weighted by atomic mass is 10.2. The molecule has 0 aliphatic carbocycles. The first-order valence-corrected chi connectivity index (χ1v) is 2.95. The molecule has 0 aliphatic heterocycles. The number of hydrogen-bond acceptors (Lipinski definition) is 3. The van der Waals surface area contributed by atoms with Crippen LogP contribution in [0.5, 0.6) is 0 Å². The van der Waals surface area contributed by atoms with Gasteiger partial charge in [-0.3, -0.25) is 14.9 Å². The van der Waals surface area contributed by atoms with E-state index in [4.69, 9.17) is 0 Å². The molecule has 11 heavy (non-hydrogen) atoms. The summed E-state index contributed by atoms with van der Waals surface area (Å²) >= 11 is 0. The molecule has 5 heteroatoms. The molecule has 0 saturated carbocycles. The Labute approximate surface area is 62.2 Å². The molecule has 1 N–H and O–H groups in total. The molecule has 1 heterocycles. The highest BCUT2D eigenvalue weighted by Gasteiger charge is 2.17. The molecule has 0 radical (unpaired) electrons. The summed E-state index contributed by atoms with van der Waals surface area (Å²) in [6.07, 6.45) is 2.51. The maximum atomic E-state index is 10.7. The zero-order valence-corrected chi connectivity index (χ0v) is 5.83. The molecule has 1 aromatic heterocycles. The fourth-order valence-corrected chi connectivity index (χ4v) is 0.789. The van der Waals surface area contributed by atoms with Crippen molar-refractivity contribution >= 4 is 11.5 Å². The summed E-state index contributed by atoms with van der Waals surface area (Å²) < 4.78 is 0. The second-order valence-corrected chi connectivity index (χ2v) is 2.07. The number of aromatic nitrogens is 1. The van der Waals surface area contributed by atoms with Gasteiger partial charge in [-0.05, 0) is 6.92 Å². The Balaban J connectivity index is 3.16. The molecule has 0 unspecified atom stereocenters. The van der Waals surface area contributed by atoms with Gasteiger partial charge in [0.15, 0.2) is 5.78 Å². The first-order chi connectivity index (χ1) is 5.13. The van der Waals surface area contributed by atoms with Crippen molar-refractivity contribution in [2.45, 2.75) is 6.92 Å². The van der Waals surface area contributed by atoms with Gasteiger partial charge in [-0.1, -0.05) is 0 Å². The molecule has 0 aromatic carbocycles. The molecule has 5 nitrogen and oxygen atoms in total. The van der Waals surface area contributed by atoms with E-state index in [1.807, 2.05) is 0 Å². The van der Waals surface area contributed by atoms with Gasteiger partial charge in [0.05, 0.1) is 11.1 Å². The highest BCUT2D eigenvalue weighted by Crippen LogP contribution is 2.16. The van der Waals surface area contributed by atoms with E-state index in [9.17, 15) is 14.9 Å². The summed E-state index contributed by atoms with van der Waals surface area (Å²) in [5.74, 6) is -0.307. The van der Waals surface area contributed by atoms with Crippen molar-refractivity contribution in [2.75, 3.05) is 0 Å². The Morgan fingerprint density at radius 1 is 1.64 bits per heavy atom. The van der Waals surface area contributed by atoms with Crippen molar-refractivity contribution in [3.8, 4) is 0 Å².